The van der Waals surface area contributed by atoms with Gasteiger partial charge in [-0.15, -0.1) is 0 Å². The Labute approximate surface area is 188 Å². The highest BCUT2D eigenvalue weighted by molar-refractivity contribution is 7.73. The van der Waals surface area contributed by atoms with Crippen molar-refractivity contribution in [3.8, 4) is 0 Å². The van der Waals surface area contributed by atoms with Crippen molar-refractivity contribution in [3.05, 3.63) is 75.4 Å². The van der Waals surface area contributed by atoms with Gasteiger partial charge in [0.2, 0.25) is 10.3 Å². The highest BCUT2D eigenvalue weighted by Crippen LogP contribution is 2.22. The Morgan fingerprint density at radius 2 is 2.00 bits per heavy atom. The molecule has 9 heteroatoms. The fourth-order valence-corrected chi connectivity index (χ4v) is 4.54. The molecule has 1 saturated heterocycles. The van der Waals surface area contributed by atoms with Crippen molar-refractivity contribution in [3.63, 3.8) is 0 Å². The number of aryl methyl sites for hydroxylation is 2. The topological polar surface area (TPSA) is 96.8 Å². The van der Waals surface area contributed by atoms with Gasteiger partial charge < -0.3 is 9.64 Å². The average Bonchev–Trinajstić information content (AvgIpc) is 3.11. The van der Waals surface area contributed by atoms with Crippen LogP contribution in [0.15, 0.2) is 58.0 Å². The second-order valence-corrected chi connectivity index (χ2v) is 8.62. The number of aromatic amines is 1. The van der Waals surface area contributed by atoms with E-state index < -0.39 is 16.3 Å². The number of hydrogen-bond acceptors (Lipinski definition) is 6. The second-order valence-electron chi connectivity index (χ2n) is 7.68. The molecule has 1 aliphatic carbocycles. The Morgan fingerprint density at radius 3 is 2.72 bits per heavy atom. The first-order valence-corrected chi connectivity index (χ1v) is 11.7. The number of nitrogens with zero attached hydrogens (tertiary/aromatic N) is 3. The predicted octanol–water partition coefficient (Wildman–Crippen LogP) is 2.18. The van der Waals surface area contributed by atoms with E-state index in [4.69, 9.17) is 4.74 Å². The minimum atomic E-state index is -2.48. The van der Waals surface area contributed by atoms with Crippen LogP contribution in [0.3, 0.4) is 0 Å². The standard InChI is InChI=1S/C23H26N4O4S/c1-3-17-6-4-5-7-20(17)24-15-19-16(2)25-27(23(19)28)21-9-8-18(14-22(21)32(29)30)26-10-12-31-13-11-26/h4-9,14-15,21,25H,3,10-13H2,1-2H3. The number of H-pyrrole nitrogens is 1. The molecule has 168 valence electrons. The number of morpholine rings is 1. The molecule has 1 fully saturated rings. The van der Waals surface area contributed by atoms with E-state index >= 15 is 0 Å². The SMILES string of the molecule is CCc1ccccc1N=Cc1c(C)[nH]n(C2C=CC(N3CCOCC3)=CC2=S(=O)=O)c1=O. The highest BCUT2D eigenvalue weighted by Gasteiger charge is 2.25. The normalized spacial score (nSPS) is 18.9. The van der Waals surface area contributed by atoms with Gasteiger partial charge in [-0.3, -0.25) is 14.9 Å². The van der Waals surface area contributed by atoms with Crippen molar-refractivity contribution in [2.45, 2.75) is 26.3 Å². The van der Waals surface area contributed by atoms with Crippen LogP contribution < -0.4 is 5.56 Å². The molecule has 1 atom stereocenters. The van der Waals surface area contributed by atoms with E-state index in [1.807, 2.05) is 30.3 Å². The third-order valence-corrected chi connectivity index (χ3v) is 6.47. The summed E-state index contributed by atoms with van der Waals surface area (Å²) in [7, 11) is -2.48. The molecule has 2 aliphatic rings. The summed E-state index contributed by atoms with van der Waals surface area (Å²) in [6.45, 7) is 6.42. The molecule has 1 unspecified atom stereocenters. The maximum atomic E-state index is 13.2. The van der Waals surface area contributed by atoms with E-state index in [1.165, 1.54) is 4.68 Å². The fraction of sp³-hybridized carbons (Fsp3) is 0.348. The van der Waals surface area contributed by atoms with Gasteiger partial charge in [-0.2, -0.15) is 8.42 Å². The smallest absolute Gasteiger partial charge is 0.276 e. The molecule has 1 aromatic carbocycles. The van der Waals surface area contributed by atoms with Crippen molar-refractivity contribution in [1.29, 1.82) is 0 Å². The fourth-order valence-electron chi connectivity index (χ4n) is 3.94. The number of ether oxygens (including phenoxy) is 1. The molecule has 2 aromatic rings. The van der Waals surface area contributed by atoms with Crippen LogP contribution in [0, 0.1) is 6.92 Å². The molecule has 8 nitrogen and oxygen atoms in total. The maximum absolute atomic E-state index is 13.2. The molecule has 0 bridgehead atoms. The van der Waals surface area contributed by atoms with Crippen LogP contribution in [0.25, 0.3) is 0 Å². The van der Waals surface area contributed by atoms with E-state index in [-0.39, 0.29) is 10.4 Å². The number of para-hydroxylation sites is 1. The van der Waals surface area contributed by atoms with Crippen LogP contribution in [-0.4, -0.2) is 60.5 Å². The van der Waals surface area contributed by atoms with Crippen LogP contribution in [0.1, 0.15) is 29.8 Å². The lowest BCUT2D eigenvalue weighted by molar-refractivity contribution is 0.0554. The number of allylic oxidation sites excluding steroid dienone is 3. The van der Waals surface area contributed by atoms with E-state index in [1.54, 1.807) is 25.3 Å². The Kier molecular flexibility index (Phi) is 6.57. The number of aromatic nitrogens is 2. The Morgan fingerprint density at radius 1 is 1.25 bits per heavy atom. The molecule has 1 N–H and O–H groups in total. The summed E-state index contributed by atoms with van der Waals surface area (Å²) in [5.41, 5.74) is 3.42. The molecular weight excluding hydrogens is 428 g/mol. The van der Waals surface area contributed by atoms with Gasteiger partial charge in [0.1, 0.15) is 10.9 Å². The molecule has 0 spiro atoms. The summed E-state index contributed by atoms with van der Waals surface area (Å²) in [5.74, 6) is 0. The maximum Gasteiger partial charge on any atom is 0.276 e. The van der Waals surface area contributed by atoms with Gasteiger partial charge in [-0.25, -0.2) is 4.68 Å². The average molecular weight is 455 g/mol. The van der Waals surface area contributed by atoms with Crippen LogP contribution in [0.4, 0.5) is 5.69 Å². The first kappa shape index (κ1) is 22.0. The van der Waals surface area contributed by atoms with Gasteiger partial charge in [-0.05, 0) is 37.1 Å². The Bertz CT molecular complexity index is 1280. The first-order valence-electron chi connectivity index (χ1n) is 10.6. The van der Waals surface area contributed by atoms with Gasteiger partial charge >= 0.3 is 0 Å². The number of nitrogens with one attached hydrogen (secondary N) is 1. The predicted molar refractivity (Wildman–Crippen MR) is 125 cm³/mol. The van der Waals surface area contributed by atoms with Gasteiger partial charge in [0, 0.05) is 30.7 Å². The van der Waals surface area contributed by atoms with Gasteiger partial charge in [0.25, 0.3) is 5.56 Å². The number of benzene rings is 1. The summed E-state index contributed by atoms with van der Waals surface area (Å²) in [5, 5.41) is 3.03. The van der Waals surface area contributed by atoms with Crippen molar-refractivity contribution in [2.75, 3.05) is 26.3 Å². The molecule has 0 amide bonds. The molecule has 2 heterocycles. The lowest BCUT2D eigenvalue weighted by Crippen LogP contribution is -2.37. The van der Waals surface area contributed by atoms with E-state index in [9.17, 15) is 13.2 Å². The third-order valence-electron chi connectivity index (χ3n) is 5.72. The zero-order valence-electron chi connectivity index (χ0n) is 18.1. The minimum absolute atomic E-state index is 0.136. The minimum Gasteiger partial charge on any atom is -0.378 e. The van der Waals surface area contributed by atoms with Gasteiger partial charge in [-0.1, -0.05) is 31.2 Å². The molecule has 1 aliphatic heterocycles. The van der Waals surface area contributed by atoms with E-state index in [0.717, 1.165) is 23.4 Å². The number of hydrogen-bond donors (Lipinski definition) is 1. The highest BCUT2D eigenvalue weighted by atomic mass is 32.2. The van der Waals surface area contributed by atoms with Crippen LogP contribution in [-0.2, 0) is 21.5 Å². The summed E-state index contributed by atoms with van der Waals surface area (Å²) in [6.07, 6.45) is 7.62. The Balaban J connectivity index is 1.67. The summed E-state index contributed by atoms with van der Waals surface area (Å²) in [6, 6.07) is 7.04. The molecular formula is C23H26N4O4S. The quantitative estimate of drug-likeness (QED) is 0.552. The lowest BCUT2D eigenvalue weighted by atomic mass is 10.1. The van der Waals surface area contributed by atoms with E-state index in [2.05, 4.69) is 21.9 Å². The zero-order valence-corrected chi connectivity index (χ0v) is 18.9. The summed E-state index contributed by atoms with van der Waals surface area (Å²) < 4.78 is 30.8. The molecule has 0 radical (unpaired) electrons. The monoisotopic (exact) mass is 454 g/mol. The molecule has 0 saturated carbocycles. The number of rotatable bonds is 5. The van der Waals surface area contributed by atoms with Crippen molar-refractivity contribution < 1.29 is 13.2 Å². The number of aliphatic imine (C=N–C) groups is 1. The van der Waals surface area contributed by atoms with Crippen molar-refractivity contribution in [2.24, 2.45) is 4.99 Å². The first-order chi connectivity index (χ1) is 15.5. The molecule has 4 rings (SSSR count). The van der Waals surface area contributed by atoms with Gasteiger partial charge in [0.15, 0.2) is 0 Å². The van der Waals surface area contributed by atoms with Crippen molar-refractivity contribution in [1.82, 2.24) is 14.7 Å². The van der Waals surface area contributed by atoms with Crippen LogP contribution in [0.2, 0.25) is 0 Å². The summed E-state index contributed by atoms with van der Waals surface area (Å²) >= 11 is 0. The van der Waals surface area contributed by atoms with Crippen LogP contribution >= 0.6 is 0 Å². The van der Waals surface area contributed by atoms with Crippen molar-refractivity contribution >= 4 is 27.1 Å². The largest absolute Gasteiger partial charge is 0.378 e. The van der Waals surface area contributed by atoms with E-state index in [0.29, 0.717) is 37.6 Å². The lowest BCUT2D eigenvalue weighted by Gasteiger charge is -2.31. The Hall–Kier alpha value is -3.17. The van der Waals surface area contributed by atoms with Gasteiger partial charge in [0.05, 0.1) is 24.5 Å². The molecule has 32 heavy (non-hydrogen) atoms. The summed E-state index contributed by atoms with van der Waals surface area (Å²) in [4.78, 5) is 19.9. The third kappa shape index (κ3) is 4.39. The zero-order chi connectivity index (χ0) is 22.7. The molecule has 1 aromatic heterocycles. The van der Waals surface area contributed by atoms with Crippen LogP contribution in [0.5, 0.6) is 0 Å². The second kappa shape index (κ2) is 9.54.